The van der Waals surface area contributed by atoms with Crippen LogP contribution < -0.4 is 9.47 Å². The molecule has 0 aliphatic heterocycles. The minimum atomic E-state index is -0.842. The van der Waals surface area contributed by atoms with Gasteiger partial charge in [-0.3, -0.25) is 14.4 Å². The number of hydrogen-bond donors (Lipinski definition) is 2. The quantitative estimate of drug-likeness (QED) is 0.301. The number of carbonyl (C=O) groups excluding carboxylic acids is 3. The van der Waals surface area contributed by atoms with Crippen molar-refractivity contribution < 1.29 is 34.1 Å². The molecule has 0 radical (unpaired) electrons. The number of carbonyl (C=O) groups is 3. The first-order chi connectivity index (χ1) is 15.6. The van der Waals surface area contributed by atoms with Gasteiger partial charge in [0.1, 0.15) is 29.1 Å². The van der Waals surface area contributed by atoms with Gasteiger partial charge in [0.25, 0.3) is 0 Å². The summed E-state index contributed by atoms with van der Waals surface area (Å²) in [6.45, 7) is 9.93. The van der Waals surface area contributed by atoms with Crippen molar-refractivity contribution >= 4 is 17.7 Å². The summed E-state index contributed by atoms with van der Waals surface area (Å²) in [5.74, 6) is 1.96. The molecule has 0 atom stereocenters. The van der Waals surface area contributed by atoms with E-state index in [0.29, 0.717) is 0 Å². The molecule has 0 fully saturated rings. The van der Waals surface area contributed by atoms with Gasteiger partial charge in [-0.15, -0.1) is 0 Å². The highest BCUT2D eigenvalue weighted by Gasteiger charge is 2.26. The number of hydrogen-bond acceptors (Lipinski definition) is 8. The van der Waals surface area contributed by atoms with Gasteiger partial charge in [-0.2, -0.15) is 5.26 Å². The Bertz CT molecular complexity index is 1260. The Morgan fingerprint density at radius 1 is 0.824 bits per heavy atom. The van der Waals surface area contributed by atoms with Gasteiger partial charge in [-0.25, -0.2) is 0 Å². The molecule has 0 unspecified atom stereocenters. The minimum Gasteiger partial charge on any atom is -0.507 e. The summed E-state index contributed by atoms with van der Waals surface area (Å²) in [7, 11) is 0. The number of aromatic hydroxyl groups is 2. The standard InChI is InChI=1S/C26H25NO7/c1-25(2,3)23(31)33-17-8-10-20(29)18(13-17)19(28)9-7-15-12-22(16(14-27)11-21(15)30)34-24(32)26(4,5)6/h8,10-13,29-30H,1-6H3. The van der Waals surface area contributed by atoms with Crippen LogP contribution in [-0.4, -0.2) is 27.9 Å². The number of esters is 2. The molecule has 0 saturated carbocycles. The smallest absolute Gasteiger partial charge is 0.316 e. The zero-order valence-corrected chi connectivity index (χ0v) is 19.8. The van der Waals surface area contributed by atoms with E-state index >= 15 is 0 Å². The third-order valence-corrected chi connectivity index (χ3v) is 4.38. The Morgan fingerprint density at radius 3 is 1.97 bits per heavy atom. The molecule has 0 aliphatic rings. The predicted molar refractivity (Wildman–Crippen MR) is 122 cm³/mol. The lowest BCUT2D eigenvalue weighted by atomic mass is 9.97. The number of nitriles is 1. The van der Waals surface area contributed by atoms with Crippen LogP contribution in [0.15, 0.2) is 30.3 Å². The number of benzene rings is 2. The highest BCUT2D eigenvalue weighted by atomic mass is 16.5. The predicted octanol–water partition coefficient (Wildman–Crippen LogP) is 4.11. The second-order valence-corrected chi connectivity index (χ2v) is 9.51. The van der Waals surface area contributed by atoms with Crippen LogP contribution in [0.5, 0.6) is 23.0 Å². The van der Waals surface area contributed by atoms with Gasteiger partial charge in [-0.05, 0) is 65.7 Å². The van der Waals surface area contributed by atoms with Gasteiger partial charge in [0.15, 0.2) is 0 Å². The molecule has 0 aliphatic carbocycles. The first kappa shape index (κ1) is 26.0. The van der Waals surface area contributed by atoms with Crippen molar-refractivity contribution in [1.29, 1.82) is 5.26 Å². The number of rotatable bonds is 3. The van der Waals surface area contributed by atoms with E-state index < -0.39 is 34.3 Å². The SMILES string of the molecule is CC(C)(C)C(=O)Oc1ccc(O)c(C(=O)C#Cc2cc(OC(=O)C(C)(C)C)c(C#N)cc2O)c1. The van der Waals surface area contributed by atoms with Crippen LogP contribution in [-0.2, 0) is 9.59 Å². The number of ketones is 1. The van der Waals surface area contributed by atoms with Crippen molar-refractivity contribution in [2.45, 2.75) is 41.5 Å². The van der Waals surface area contributed by atoms with Crippen LogP contribution in [0.4, 0.5) is 0 Å². The van der Waals surface area contributed by atoms with E-state index in [0.717, 1.165) is 6.07 Å². The zero-order chi connectivity index (χ0) is 25.8. The molecular weight excluding hydrogens is 438 g/mol. The maximum Gasteiger partial charge on any atom is 0.316 e. The number of ether oxygens (including phenoxy) is 2. The number of nitrogens with zero attached hydrogens (tertiary/aromatic N) is 1. The Kier molecular flexibility index (Phi) is 7.39. The second-order valence-electron chi connectivity index (χ2n) is 9.51. The van der Waals surface area contributed by atoms with E-state index in [1.54, 1.807) is 41.5 Å². The third-order valence-electron chi connectivity index (χ3n) is 4.38. The lowest BCUT2D eigenvalue weighted by Crippen LogP contribution is -2.25. The summed E-state index contributed by atoms with van der Waals surface area (Å²) in [5.41, 5.74) is -1.98. The average molecular weight is 463 g/mol. The summed E-state index contributed by atoms with van der Waals surface area (Å²) in [5, 5.41) is 29.5. The molecule has 176 valence electrons. The fourth-order valence-electron chi connectivity index (χ4n) is 2.31. The maximum atomic E-state index is 12.6. The average Bonchev–Trinajstić information content (AvgIpc) is 2.73. The van der Waals surface area contributed by atoms with Crippen molar-refractivity contribution in [2.24, 2.45) is 10.8 Å². The molecule has 8 heteroatoms. The van der Waals surface area contributed by atoms with Crippen molar-refractivity contribution in [3.63, 3.8) is 0 Å². The van der Waals surface area contributed by atoms with E-state index in [2.05, 4.69) is 11.8 Å². The molecular formula is C26H25NO7. The van der Waals surface area contributed by atoms with Crippen LogP contribution in [0.3, 0.4) is 0 Å². The Hall–Kier alpha value is -4.30. The summed E-state index contributed by atoms with van der Waals surface area (Å²) >= 11 is 0. The number of phenolic OH excluding ortho intramolecular Hbond substituents is 2. The largest absolute Gasteiger partial charge is 0.507 e. The van der Waals surface area contributed by atoms with Gasteiger partial charge in [0.05, 0.1) is 27.5 Å². The van der Waals surface area contributed by atoms with Crippen LogP contribution >= 0.6 is 0 Å². The second kappa shape index (κ2) is 9.68. The van der Waals surface area contributed by atoms with E-state index in [-0.39, 0.29) is 33.9 Å². The fraction of sp³-hybridized carbons (Fsp3) is 0.308. The van der Waals surface area contributed by atoms with E-state index in [4.69, 9.17) is 9.47 Å². The van der Waals surface area contributed by atoms with Crippen LogP contribution in [0.2, 0.25) is 0 Å². The highest BCUT2D eigenvalue weighted by molar-refractivity contribution is 6.11. The Morgan fingerprint density at radius 2 is 1.41 bits per heavy atom. The molecule has 0 aromatic heterocycles. The normalized spacial score (nSPS) is 11.0. The molecule has 2 rings (SSSR count). The summed E-state index contributed by atoms with van der Waals surface area (Å²) in [6, 6.07) is 7.80. The molecule has 0 saturated heterocycles. The highest BCUT2D eigenvalue weighted by Crippen LogP contribution is 2.30. The first-order valence-electron chi connectivity index (χ1n) is 10.2. The Labute approximate surface area is 197 Å². The van der Waals surface area contributed by atoms with Crippen molar-refractivity contribution in [3.05, 3.63) is 47.0 Å². The summed E-state index contributed by atoms with van der Waals surface area (Å²) in [4.78, 5) is 36.9. The third kappa shape index (κ3) is 6.36. The minimum absolute atomic E-state index is 0.0560. The lowest BCUT2D eigenvalue weighted by molar-refractivity contribution is -0.143. The van der Waals surface area contributed by atoms with Crippen molar-refractivity contribution in [2.75, 3.05) is 0 Å². The molecule has 0 bridgehead atoms. The molecule has 2 aromatic rings. The Balaban J connectivity index is 2.39. The van der Waals surface area contributed by atoms with Crippen LogP contribution in [0, 0.1) is 34.0 Å². The summed E-state index contributed by atoms with van der Waals surface area (Å²) < 4.78 is 10.5. The molecule has 2 aromatic carbocycles. The van der Waals surface area contributed by atoms with Gasteiger partial charge in [0.2, 0.25) is 5.78 Å². The van der Waals surface area contributed by atoms with Crippen molar-refractivity contribution in [3.8, 4) is 40.9 Å². The topological polar surface area (TPSA) is 134 Å². The number of Topliss-reactive ketones (excluding diaryl/α,β-unsaturated/α-hetero) is 1. The van der Waals surface area contributed by atoms with E-state index in [9.17, 15) is 29.9 Å². The van der Waals surface area contributed by atoms with E-state index in [1.165, 1.54) is 24.3 Å². The molecule has 0 spiro atoms. The van der Waals surface area contributed by atoms with Gasteiger partial charge in [-0.1, -0.05) is 5.92 Å². The summed E-state index contributed by atoms with van der Waals surface area (Å²) in [6.07, 6.45) is 0. The molecule has 0 heterocycles. The van der Waals surface area contributed by atoms with E-state index in [1.807, 2.05) is 6.07 Å². The monoisotopic (exact) mass is 463 g/mol. The van der Waals surface area contributed by atoms with Gasteiger partial charge in [0, 0.05) is 12.1 Å². The van der Waals surface area contributed by atoms with Gasteiger partial charge < -0.3 is 19.7 Å². The number of phenols is 2. The molecule has 8 nitrogen and oxygen atoms in total. The first-order valence-corrected chi connectivity index (χ1v) is 10.2. The van der Waals surface area contributed by atoms with Crippen molar-refractivity contribution in [1.82, 2.24) is 0 Å². The van der Waals surface area contributed by atoms with Gasteiger partial charge >= 0.3 is 11.9 Å². The van der Waals surface area contributed by atoms with Crippen LogP contribution in [0.1, 0.15) is 63.0 Å². The molecule has 2 N–H and O–H groups in total. The van der Waals surface area contributed by atoms with Crippen LogP contribution in [0.25, 0.3) is 0 Å². The molecule has 0 amide bonds. The molecule has 34 heavy (non-hydrogen) atoms. The maximum absolute atomic E-state index is 12.6. The zero-order valence-electron chi connectivity index (χ0n) is 19.8. The lowest BCUT2D eigenvalue weighted by Gasteiger charge is -2.17. The fourth-order valence-corrected chi connectivity index (χ4v) is 2.31.